The van der Waals surface area contributed by atoms with E-state index in [9.17, 15) is 4.79 Å². The Morgan fingerprint density at radius 1 is 0.808 bits per heavy atom. The Hall–Kier alpha value is -1.46. The van der Waals surface area contributed by atoms with E-state index < -0.39 is 0 Å². The summed E-state index contributed by atoms with van der Waals surface area (Å²) in [5.74, 6) is 1.83. The zero-order chi connectivity index (χ0) is 18.7. The summed E-state index contributed by atoms with van der Waals surface area (Å²) in [6.07, 6.45) is 0. The third kappa shape index (κ3) is 4.44. The Kier molecular flexibility index (Phi) is 8.22. The molecular formula is C20H25LiO4P. The van der Waals surface area contributed by atoms with E-state index in [0.717, 1.165) is 27.6 Å². The summed E-state index contributed by atoms with van der Waals surface area (Å²) in [7, 11) is 4.66. The molecule has 0 heterocycles. The van der Waals surface area contributed by atoms with Crippen LogP contribution in [0, 0.1) is 27.7 Å². The van der Waals surface area contributed by atoms with Crippen LogP contribution in [0.25, 0.3) is 0 Å². The van der Waals surface area contributed by atoms with Crippen LogP contribution in [0.1, 0.15) is 32.6 Å². The van der Waals surface area contributed by atoms with Crippen LogP contribution in [0.15, 0.2) is 18.2 Å². The molecule has 0 aliphatic carbocycles. The maximum Gasteiger partial charge on any atom is 0.186 e. The molecule has 0 amide bonds. The number of hydrogen-bond acceptors (Lipinski definition) is 4. The minimum atomic E-state index is -0.0938. The van der Waals surface area contributed by atoms with E-state index >= 15 is 0 Å². The van der Waals surface area contributed by atoms with E-state index in [1.54, 1.807) is 33.5 Å². The molecule has 0 fully saturated rings. The smallest absolute Gasteiger partial charge is 0.186 e. The first-order valence-corrected chi connectivity index (χ1v) is 9.02. The van der Waals surface area contributed by atoms with Gasteiger partial charge >= 0.3 is 0 Å². The number of hydrogen-bond donors (Lipinski definition) is 0. The molecule has 1 radical (unpaired) electrons. The second-order valence-corrected chi connectivity index (χ2v) is 7.20. The standard InChI is InChI=1S/C20H25O4P.Li/c1-11-8-12(2)18(14(4)13(11)3)20(21)25-19-16(23-6)9-15(22-5)10-17(19)24-7;/h8-10,25H,1-7H3;. The summed E-state index contributed by atoms with van der Waals surface area (Å²) >= 11 is 0. The first-order valence-electron chi connectivity index (χ1n) is 8.02. The van der Waals surface area contributed by atoms with Gasteiger partial charge in [0.15, 0.2) is 5.52 Å². The number of benzene rings is 2. The van der Waals surface area contributed by atoms with E-state index in [1.807, 2.05) is 13.8 Å². The third-order valence-electron chi connectivity index (χ3n) is 4.54. The molecule has 0 saturated carbocycles. The topological polar surface area (TPSA) is 44.8 Å². The van der Waals surface area contributed by atoms with Crippen molar-refractivity contribution in [1.29, 1.82) is 0 Å². The van der Waals surface area contributed by atoms with Gasteiger partial charge < -0.3 is 14.2 Å². The predicted octanol–water partition coefficient (Wildman–Crippen LogP) is 3.71. The van der Waals surface area contributed by atoms with Crippen LogP contribution in [-0.2, 0) is 0 Å². The quantitative estimate of drug-likeness (QED) is 0.577. The first-order chi connectivity index (χ1) is 11.8. The van der Waals surface area contributed by atoms with Crippen molar-refractivity contribution in [2.24, 2.45) is 0 Å². The van der Waals surface area contributed by atoms with Crippen molar-refractivity contribution in [1.82, 2.24) is 0 Å². The fourth-order valence-electron chi connectivity index (χ4n) is 2.94. The van der Waals surface area contributed by atoms with Gasteiger partial charge in [0.1, 0.15) is 17.2 Å². The van der Waals surface area contributed by atoms with Gasteiger partial charge in [-0.05, 0) is 58.5 Å². The van der Waals surface area contributed by atoms with Gasteiger partial charge in [-0.25, -0.2) is 0 Å². The molecule has 0 aliphatic rings. The molecule has 6 heteroatoms. The molecule has 0 bridgehead atoms. The van der Waals surface area contributed by atoms with Gasteiger partial charge in [0.2, 0.25) is 0 Å². The van der Waals surface area contributed by atoms with Gasteiger partial charge in [-0.1, -0.05) is 6.07 Å². The molecule has 2 aromatic rings. The third-order valence-corrected chi connectivity index (χ3v) is 5.76. The van der Waals surface area contributed by atoms with Crippen LogP contribution in [0.5, 0.6) is 17.2 Å². The van der Waals surface area contributed by atoms with E-state index in [-0.39, 0.29) is 33.0 Å². The molecular weight excluding hydrogens is 342 g/mol. The van der Waals surface area contributed by atoms with Gasteiger partial charge in [0.25, 0.3) is 0 Å². The van der Waals surface area contributed by atoms with Crippen LogP contribution in [0.3, 0.4) is 0 Å². The monoisotopic (exact) mass is 367 g/mol. The molecule has 1 atom stereocenters. The van der Waals surface area contributed by atoms with Crippen molar-refractivity contribution in [3.8, 4) is 17.2 Å². The Bertz CT molecular complexity index is 793. The Balaban J connectivity index is 0.00000338. The zero-order valence-corrected chi connectivity index (χ0v) is 17.9. The van der Waals surface area contributed by atoms with Crippen molar-refractivity contribution in [3.63, 3.8) is 0 Å². The SMILES string of the molecule is COc1cc(OC)c(PC(=O)c2c(C)cc(C)c(C)c2C)c(OC)c1.[Li]. The second kappa shape index (κ2) is 9.47. The Morgan fingerprint density at radius 3 is 1.81 bits per heavy atom. The maximum atomic E-state index is 13.1. The van der Waals surface area contributed by atoms with Gasteiger partial charge in [-0.15, -0.1) is 0 Å². The molecule has 135 valence electrons. The maximum absolute atomic E-state index is 13.1. The molecule has 2 rings (SSSR count). The second-order valence-electron chi connectivity index (χ2n) is 6.00. The van der Waals surface area contributed by atoms with E-state index in [2.05, 4.69) is 19.9 Å². The first kappa shape index (κ1) is 22.6. The normalized spacial score (nSPS) is 10.6. The molecule has 0 N–H and O–H groups in total. The zero-order valence-electron chi connectivity index (χ0n) is 16.9. The summed E-state index contributed by atoms with van der Waals surface area (Å²) in [6.45, 7) is 8.12. The summed E-state index contributed by atoms with van der Waals surface area (Å²) in [6, 6.07) is 5.62. The van der Waals surface area contributed by atoms with Gasteiger partial charge in [0.05, 0.1) is 26.6 Å². The van der Waals surface area contributed by atoms with Crippen molar-refractivity contribution in [2.45, 2.75) is 27.7 Å². The van der Waals surface area contributed by atoms with E-state index in [1.165, 1.54) is 5.56 Å². The van der Waals surface area contributed by atoms with Gasteiger partial charge in [-0.3, -0.25) is 4.79 Å². The number of rotatable bonds is 6. The molecule has 0 saturated heterocycles. The van der Waals surface area contributed by atoms with Crippen LogP contribution < -0.4 is 19.5 Å². The van der Waals surface area contributed by atoms with Crippen LogP contribution in [-0.4, -0.2) is 45.7 Å². The molecule has 1 unspecified atom stereocenters. The predicted molar refractivity (Wildman–Crippen MR) is 110 cm³/mol. The van der Waals surface area contributed by atoms with Crippen molar-refractivity contribution < 1.29 is 19.0 Å². The van der Waals surface area contributed by atoms with Crippen molar-refractivity contribution in [2.75, 3.05) is 21.3 Å². The largest absolute Gasteiger partial charge is 0.496 e. The van der Waals surface area contributed by atoms with Crippen LogP contribution in [0.2, 0.25) is 0 Å². The van der Waals surface area contributed by atoms with Gasteiger partial charge in [-0.2, -0.15) is 0 Å². The fourth-order valence-corrected chi connectivity index (χ4v) is 4.27. The van der Waals surface area contributed by atoms with Crippen LogP contribution >= 0.6 is 8.58 Å². The molecule has 4 nitrogen and oxygen atoms in total. The van der Waals surface area contributed by atoms with Crippen molar-refractivity contribution in [3.05, 3.63) is 46.0 Å². The van der Waals surface area contributed by atoms with E-state index in [0.29, 0.717) is 17.2 Å². The number of ether oxygens (including phenoxy) is 3. The number of aryl methyl sites for hydroxylation is 2. The number of carbonyl (C=O) groups excluding carboxylic acids is 1. The number of carbonyl (C=O) groups is 1. The average Bonchev–Trinajstić information content (AvgIpc) is 2.59. The Labute approximate surface area is 169 Å². The molecule has 0 aliphatic heterocycles. The van der Waals surface area contributed by atoms with Crippen LogP contribution in [0.4, 0.5) is 0 Å². The molecule has 0 spiro atoms. The molecule has 26 heavy (non-hydrogen) atoms. The number of methoxy groups -OCH3 is 3. The van der Waals surface area contributed by atoms with E-state index in [4.69, 9.17) is 14.2 Å². The van der Waals surface area contributed by atoms with Gasteiger partial charge in [0, 0.05) is 36.6 Å². The average molecular weight is 367 g/mol. The Morgan fingerprint density at radius 2 is 1.35 bits per heavy atom. The summed E-state index contributed by atoms with van der Waals surface area (Å²) in [5.41, 5.74) is 5.29. The summed E-state index contributed by atoms with van der Waals surface area (Å²) < 4.78 is 16.2. The minimum Gasteiger partial charge on any atom is -0.496 e. The van der Waals surface area contributed by atoms with Crippen molar-refractivity contribution >= 4 is 38.3 Å². The minimum absolute atomic E-state index is 0. The molecule has 0 aromatic heterocycles. The molecule has 2 aromatic carbocycles. The fraction of sp³-hybridized carbons (Fsp3) is 0.350. The summed E-state index contributed by atoms with van der Waals surface area (Å²) in [4.78, 5) is 13.1. The summed E-state index contributed by atoms with van der Waals surface area (Å²) in [5, 5.41) is 0.757.